The first-order valence-electron chi connectivity index (χ1n) is 4.51. The first-order chi connectivity index (χ1) is 6.81. The van der Waals surface area contributed by atoms with Gasteiger partial charge in [0.2, 0.25) is 0 Å². The Morgan fingerprint density at radius 2 is 2.14 bits per heavy atom. The van der Waals surface area contributed by atoms with E-state index in [2.05, 4.69) is 24.0 Å². The second-order valence-corrected chi connectivity index (χ2v) is 4.02. The van der Waals surface area contributed by atoms with Crippen molar-refractivity contribution in [2.75, 3.05) is 0 Å². The van der Waals surface area contributed by atoms with E-state index in [4.69, 9.17) is 5.73 Å². The van der Waals surface area contributed by atoms with Gasteiger partial charge in [-0.1, -0.05) is 24.3 Å². The largest absolute Gasteiger partial charge is 0.325 e. The molecule has 72 valence electrons. The number of aromatic nitrogens is 1. The molecule has 2 aromatic rings. The molecule has 0 atom stereocenters. The average molecular weight is 204 g/mol. The Morgan fingerprint density at radius 3 is 2.79 bits per heavy atom. The van der Waals surface area contributed by atoms with Crippen LogP contribution in [0.4, 0.5) is 0 Å². The van der Waals surface area contributed by atoms with Gasteiger partial charge in [0.15, 0.2) is 0 Å². The molecule has 14 heavy (non-hydrogen) atoms. The maximum atomic E-state index is 5.52. The summed E-state index contributed by atoms with van der Waals surface area (Å²) in [5.41, 5.74) is 8.95. The Balaban J connectivity index is 2.44. The van der Waals surface area contributed by atoms with Crippen LogP contribution < -0.4 is 5.73 Å². The zero-order valence-electron chi connectivity index (χ0n) is 8.03. The van der Waals surface area contributed by atoms with Crippen molar-refractivity contribution in [2.24, 2.45) is 5.73 Å². The van der Waals surface area contributed by atoms with E-state index in [1.54, 1.807) is 11.3 Å². The van der Waals surface area contributed by atoms with E-state index >= 15 is 0 Å². The van der Waals surface area contributed by atoms with E-state index in [1.165, 1.54) is 11.1 Å². The maximum Gasteiger partial charge on any atom is 0.123 e. The second-order valence-electron chi connectivity index (χ2n) is 3.16. The first-order valence-corrected chi connectivity index (χ1v) is 5.39. The highest BCUT2D eigenvalue weighted by Gasteiger charge is 2.05. The lowest BCUT2D eigenvalue weighted by atomic mass is 10.1. The highest BCUT2D eigenvalue weighted by atomic mass is 32.1. The molecular formula is C11H12N2S. The number of benzene rings is 1. The number of nitrogens with two attached hydrogens (primary N) is 1. The van der Waals surface area contributed by atoms with Crippen molar-refractivity contribution in [3.63, 3.8) is 0 Å². The topological polar surface area (TPSA) is 38.9 Å². The van der Waals surface area contributed by atoms with Crippen molar-refractivity contribution in [1.29, 1.82) is 0 Å². The normalized spacial score (nSPS) is 10.4. The molecule has 0 aliphatic rings. The van der Waals surface area contributed by atoms with Gasteiger partial charge in [-0.15, -0.1) is 11.3 Å². The minimum atomic E-state index is 0.516. The molecule has 0 spiro atoms. The van der Waals surface area contributed by atoms with Gasteiger partial charge < -0.3 is 5.73 Å². The predicted molar refractivity (Wildman–Crippen MR) is 60.2 cm³/mol. The van der Waals surface area contributed by atoms with Crippen molar-refractivity contribution in [1.82, 2.24) is 4.98 Å². The fraction of sp³-hybridized carbons (Fsp3) is 0.182. The molecule has 0 saturated heterocycles. The molecule has 0 radical (unpaired) electrons. The first kappa shape index (κ1) is 9.37. The van der Waals surface area contributed by atoms with E-state index in [0.29, 0.717) is 6.54 Å². The van der Waals surface area contributed by atoms with Crippen LogP contribution in [0.25, 0.3) is 10.6 Å². The van der Waals surface area contributed by atoms with Crippen LogP contribution in [0, 0.1) is 6.92 Å². The summed E-state index contributed by atoms with van der Waals surface area (Å²) in [6.07, 6.45) is 0. The summed E-state index contributed by atoms with van der Waals surface area (Å²) in [4.78, 5) is 4.45. The van der Waals surface area contributed by atoms with E-state index in [9.17, 15) is 0 Å². The van der Waals surface area contributed by atoms with Crippen molar-refractivity contribution in [2.45, 2.75) is 13.5 Å². The molecule has 0 aliphatic heterocycles. The minimum Gasteiger partial charge on any atom is -0.325 e. The van der Waals surface area contributed by atoms with Gasteiger partial charge in [0, 0.05) is 17.5 Å². The Labute approximate surface area is 87.4 Å². The minimum absolute atomic E-state index is 0.516. The van der Waals surface area contributed by atoms with E-state index in [0.717, 1.165) is 10.7 Å². The molecular weight excluding hydrogens is 192 g/mol. The van der Waals surface area contributed by atoms with Gasteiger partial charge in [-0.25, -0.2) is 4.98 Å². The molecule has 2 rings (SSSR count). The van der Waals surface area contributed by atoms with Gasteiger partial charge in [0.05, 0.1) is 5.69 Å². The quantitative estimate of drug-likeness (QED) is 0.816. The lowest BCUT2D eigenvalue weighted by molar-refractivity contribution is 1.01. The van der Waals surface area contributed by atoms with Crippen LogP contribution >= 0.6 is 11.3 Å². The van der Waals surface area contributed by atoms with Crippen LogP contribution in [-0.4, -0.2) is 4.98 Å². The molecule has 0 aliphatic carbocycles. The molecule has 1 heterocycles. The van der Waals surface area contributed by atoms with Crippen LogP contribution in [0.3, 0.4) is 0 Å². The maximum absolute atomic E-state index is 5.52. The molecule has 1 aromatic carbocycles. The number of thiazole rings is 1. The van der Waals surface area contributed by atoms with Gasteiger partial charge in [-0.05, 0) is 12.5 Å². The van der Waals surface area contributed by atoms with Gasteiger partial charge in [-0.2, -0.15) is 0 Å². The van der Waals surface area contributed by atoms with Crippen LogP contribution in [0.15, 0.2) is 29.6 Å². The van der Waals surface area contributed by atoms with Crippen molar-refractivity contribution < 1.29 is 0 Å². The number of hydrogen-bond donors (Lipinski definition) is 1. The zero-order chi connectivity index (χ0) is 9.97. The predicted octanol–water partition coefficient (Wildman–Crippen LogP) is 2.58. The standard InChI is InChI=1S/C11H12N2S/c1-8-4-2-3-5-10(8)11-13-9(6-12)7-14-11/h2-5,7H,6,12H2,1H3. The second kappa shape index (κ2) is 3.90. The van der Waals surface area contributed by atoms with Crippen molar-refractivity contribution in [3.8, 4) is 10.6 Å². The van der Waals surface area contributed by atoms with Crippen LogP contribution in [0.2, 0.25) is 0 Å². The Bertz CT molecular complexity index is 434. The van der Waals surface area contributed by atoms with E-state index < -0.39 is 0 Å². The monoisotopic (exact) mass is 204 g/mol. The zero-order valence-corrected chi connectivity index (χ0v) is 8.84. The lowest BCUT2D eigenvalue weighted by Gasteiger charge is -1.99. The highest BCUT2D eigenvalue weighted by Crippen LogP contribution is 2.26. The molecule has 0 unspecified atom stereocenters. The summed E-state index contributed by atoms with van der Waals surface area (Å²) < 4.78 is 0. The van der Waals surface area contributed by atoms with E-state index in [1.807, 2.05) is 17.5 Å². The Morgan fingerprint density at radius 1 is 1.36 bits per heavy atom. The molecule has 0 amide bonds. The molecule has 1 aromatic heterocycles. The number of hydrogen-bond acceptors (Lipinski definition) is 3. The van der Waals surface area contributed by atoms with Crippen LogP contribution in [0.1, 0.15) is 11.3 Å². The molecule has 0 saturated carbocycles. The third-order valence-corrected chi connectivity index (χ3v) is 3.06. The van der Waals surface area contributed by atoms with Gasteiger partial charge in [-0.3, -0.25) is 0 Å². The fourth-order valence-electron chi connectivity index (χ4n) is 1.34. The summed E-state index contributed by atoms with van der Waals surface area (Å²) >= 11 is 1.65. The summed E-state index contributed by atoms with van der Waals surface area (Å²) in [5.74, 6) is 0. The SMILES string of the molecule is Cc1ccccc1-c1nc(CN)cs1. The Kier molecular flexibility index (Phi) is 2.61. The molecule has 0 bridgehead atoms. The Hall–Kier alpha value is -1.19. The average Bonchev–Trinajstić information content (AvgIpc) is 2.67. The third kappa shape index (κ3) is 1.69. The highest BCUT2D eigenvalue weighted by molar-refractivity contribution is 7.13. The summed E-state index contributed by atoms with van der Waals surface area (Å²) in [7, 11) is 0. The molecule has 3 heteroatoms. The number of aryl methyl sites for hydroxylation is 1. The van der Waals surface area contributed by atoms with Gasteiger partial charge in [0.25, 0.3) is 0 Å². The molecule has 2 nitrogen and oxygen atoms in total. The lowest BCUT2D eigenvalue weighted by Crippen LogP contribution is -1.95. The van der Waals surface area contributed by atoms with Crippen LogP contribution in [0.5, 0.6) is 0 Å². The van der Waals surface area contributed by atoms with E-state index in [-0.39, 0.29) is 0 Å². The van der Waals surface area contributed by atoms with Crippen molar-refractivity contribution >= 4 is 11.3 Å². The molecule has 2 N–H and O–H groups in total. The summed E-state index contributed by atoms with van der Waals surface area (Å²) in [6, 6.07) is 8.26. The van der Waals surface area contributed by atoms with Gasteiger partial charge in [0.1, 0.15) is 5.01 Å². The number of rotatable bonds is 2. The summed E-state index contributed by atoms with van der Waals surface area (Å²) in [6.45, 7) is 2.61. The van der Waals surface area contributed by atoms with Gasteiger partial charge >= 0.3 is 0 Å². The smallest absolute Gasteiger partial charge is 0.123 e. The fourth-order valence-corrected chi connectivity index (χ4v) is 2.26. The van der Waals surface area contributed by atoms with Crippen molar-refractivity contribution in [3.05, 3.63) is 40.9 Å². The molecule has 0 fully saturated rings. The van der Waals surface area contributed by atoms with Crippen LogP contribution in [-0.2, 0) is 6.54 Å². The summed E-state index contributed by atoms with van der Waals surface area (Å²) in [5, 5.41) is 3.07. The number of nitrogens with zero attached hydrogens (tertiary/aromatic N) is 1. The third-order valence-electron chi connectivity index (χ3n) is 2.14.